The van der Waals surface area contributed by atoms with Crippen LogP contribution in [0.1, 0.15) is 15.2 Å². The summed E-state index contributed by atoms with van der Waals surface area (Å²) >= 11 is 13.1. The van der Waals surface area contributed by atoms with Gasteiger partial charge in [-0.05, 0) is 42.3 Å². The van der Waals surface area contributed by atoms with E-state index in [9.17, 15) is 9.90 Å². The van der Waals surface area contributed by atoms with E-state index in [1.807, 2.05) is 0 Å². The Morgan fingerprint density at radius 3 is 2.79 bits per heavy atom. The number of carbonyl (C=O) groups is 1. The summed E-state index contributed by atoms with van der Waals surface area (Å²) in [6.07, 6.45) is 0. The average Bonchev–Trinajstić information content (AvgIpc) is 2.87. The van der Waals surface area contributed by atoms with Gasteiger partial charge in [-0.15, -0.1) is 11.3 Å². The van der Waals surface area contributed by atoms with Crippen LogP contribution in [0.4, 0.5) is 11.5 Å². The number of rotatable bonds is 3. The number of phenolic OH excluding ortho intramolecular Hbond substituents is 1. The summed E-state index contributed by atoms with van der Waals surface area (Å²) in [6, 6.07) is 4.59. The largest absolute Gasteiger partial charge is 0.506 e. The summed E-state index contributed by atoms with van der Waals surface area (Å²) in [6.45, 7) is 1.77. The van der Waals surface area contributed by atoms with Crippen LogP contribution in [0, 0.1) is 6.92 Å². The minimum atomic E-state index is -0.455. The molecule has 0 amide bonds. The number of hydrogen-bond acceptors (Lipinski definition) is 7. The summed E-state index contributed by atoms with van der Waals surface area (Å²) < 4.78 is 4.78. The number of aromatic nitrogens is 2. The van der Waals surface area contributed by atoms with E-state index in [4.69, 9.17) is 27.9 Å². The van der Waals surface area contributed by atoms with Gasteiger partial charge in [-0.25, -0.2) is 9.78 Å². The summed E-state index contributed by atoms with van der Waals surface area (Å²) in [5.74, 6) is -0.0852. The van der Waals surface area contributed by atoms with Crippen molar-refractivity contribution in [2.24, 2.45) is 0 Å². The van der Waals surface area contributed by atoms with Gasteiger partial charge in [0.25, 0.3) is 0 Å². The highest BCUT2D eigenvalue weighted by Crippen LogP contribution is 2.37. The van der Waals surface area contributed by atoms with E-state index in [1.54, 1.807) is 19.1 Å². The molecule has 9 heteroatoms. The number of phenols is 1. The molecule has 2 N–H and O–H groups in total. The molecule has 0 aliphatic heterocycles. The van der Waals surface area contributed by atoms with Gasteiger partial charge in [-0.1, -0.05) is 11.6 Å². The molecule has 0 fully saturated rings. The van der Waals surface area contributed by atoms with E-state index >= 15 is 0 Å². The highest BCUT2D eigenvalue weighted by molar-refractivity contribution is 7.20. The minimum Gasteiger partial charge on any atom is -0.506 e. The Hall–Kier alpha value is -2.09. The van der Waals surface area contributed by atoms with Crippen LogP contribution in [0.25, 0.3) is 10.2 Å². The predicted octanol–water partition coefficient (Wildman–Crippen LogP) is 4.54. The maximum atomic E-state index is 11.9. The van der Waals surface area contributed by atoms with Crippen molar-refractivity contribution in [3.05, 3.63) is 38.9 Å². The zero-order valence-corrected chi connectivity index (χ0v) is 14.9. The Morgan fingerprint density at radius 2 is 2.08 bits per heavy atom. The molecule has 0 radical (unpaired) electrons. The number of carbonyl (C=O) groups excluding carboxylic acids is 1. The van der Waals surface area contributed by atoms with Gasteiger partial charge in [-0.3, -0.25) is 0 Å². The van der Waals surface area contributed by atoms with Crippen molar-refractivity contribution in [3.8, 4) is 5.75 Å². The lowest BCUT2D eigenvalue weighted by Gasteiger charge is -2.10. The lowest BCUT2D eigenvalue weighted by atomic mass is 10.2. The molecule has 124 valence electrons. The molecule has 0 saturated heterocycles. The van der Waals surface area contributed by atoms with Crippen LogP contribution in [0.2, 0.25) is 10.3 Å². The second-order valence-electron chi connectivity index (χ2n) is 4.86. The molecule has 0 atom stereocenters. The number of halogens is 2. The van der Waals surface area contributed by atoms with Crippen LogP contribution in [-0.4, -0.2) is 28.2 Å². The van der Waals surface area contributed by atoms with E-state index in [-0.39, 0.29) is 11.0 Å². The van der Waals surface area contributed by atoms with Crippen molar-refractivity contribution < 1.29 is 14.6 Å². The number of benzene rings is 1. The lowest BCUT2D eigenvalue weighted by molar-refractivity contribution is 0.0605. The van der Waals surface area contributed by atoms with Gasteiger partial charge in [0.15, 0.2) is 0 Å². The van der Waals surface area contributed by atoms with Crippen molar-refractivity contribution in [1.29, 1.82) is 0 Å². The van der Waals surface area contributed by atoms with Gasteiger partial charge in [0.1, 0.15) is 21.3 Å². The quantitative estimate of drug-likeness (QED) is 0.392. The Balaban J connectivity index is 2.18. The standard InChI is InChI=1S/C15H11Cl2N3O3S/c1-6-10-12(18-8-5-7(16)3-4-9(8)21)19-15(17)20-13(10)24-11(6)14(22)23-2/h3-5,21H,1-2H3,(H,18,19,20). The van der Waals surface area contributed by atoms with Crippen molar-refractivity contribution in [2.45, 2.75) is 6.92 Å². The second-order valence-corrected chi connectivity index (χ2v) is 6.63. The fraction of sp³-hybridized carbons (Fsp3) is 0.133. The molecule has 1 aromatic carbocycles. The van der Waals surface area contributed by atoms with E-state index in [0.717, 1.165) is 11.3 Å². The third-order valence-corrected chi connectivity index (χ3v) is 4.92. The van der Waals surface area contributed by atoms with Crippen LogP contribution < -0.4 is 5.32 Å². The van der Waals surface area contributed by atoms with E-state index in [0.29, 0.717) is 37.2 Å². The first kappa shape index (κ1) is 16.8. The number of thiophene rings is 1. The SMILES string of the molecule is COC(=O)c1sc2nc(Cl)nc(Nc3cc(Cl)ccc3O)c2c1C. The molecule has 3 aromatic rings. The van der Waals surface area contributed by atoms with Crippen LogP contribution in [0.15, 0.2) is 18.2 Å². The molecule has 3 rings (SSSR count). The maximum Gasteiger partial charge on any atom is 0.348 e. The first-order valence-corrected chi connectivity index (χ1v) is 8.28. The summed E-state index contributed by atoms with van der Waals surface area (Å²) in [5, 5.41) is 14.1. The molecule has 24 heavy (non-hydrogen) atoms. The summed E-state index contributed by atoms with van der Waals surface area (Å²) in [4.78, 5) is 21.2. The third kappa shape index (κ3) is 2.98. The topological polar surface area (TPSA) is 84.3 Å². The van der Waals surface area contributed by atoms with Crippen molar-refractivity contribution in [3.63, 3.8) is 0 Å². The highest BCUT2D eigenvalue weighted by atomic mass is 35.5. The molecule has 0 aliphatic carbocycles. The van der Waals surface area contributed by atoms with E-state index in [1.165, 1.54) is 13.2 Å². The maximum absolute atomic E-state index is 11.9. The number of aromatic hydroxyl groups is 1. The molecular formula is C15H11Cl2N3O3S. The van der Waals surface area contributed by atoms with Crippen LogP contribution >= 0.6 is 34.5 Å². The normalized spacial score (nSPS) is 10.8. The highest BCUT2D eigenvalue weighted by Gasteiger charge is 2.21. The fourth-order valence-electron chi connectivity index (χ4n) is 2.23. The number of esters is 1. The van der Waals surface area contributed by atoms with Gasteiger partial charge in [0.2, 0.25) is 5.28 Å². The van der Waals surface area contributed by atoms with Crippen LogP contribution in [0.3, 0.4) is 0 Å². The summed E-state index contributed by atoms with van der Waals surface area (Å²) in [7, 11) is 1.31. The fourth-order valence-corrected chi connectivity index (χ4v) is 3.72. The van der Waals surface area contributed by atoms with E-state index in [2.05, 4.69) is 15.3 Å². The molecular weight excluding hydrogens is 373 g/mol. The van der Waals surface area contributed by atoms with Gasteiger partial charge in [-0.2, -0.15) is 4.98 Å². The first-order valence-electron chi connectivity index (χ1n) is 6.71. The first-order chi connectivity index (χ1) is 11.4. The smallest absolute Gasteiger partial charge is 0.348 e. The molecule has 0 aliphatic rings. The lowest BCUT2D eigenvalue weighted by Crippen LogP contribution is -2.00. The number of hydrogen-bond donors (Lipinski definition) is 2. The van der Waals surface area contributed by atoms with Crippen molar-refractivity contribution in [2.75, 3.05) is 12.4 Å². The molecule has 6 nitrogen and oxygen atoms in total. The molecule has 2 heterocycles. The number of aryl methyl sites for hydroxylation is 1. The summed E-state index contributed by atoms with van der Waals surface area (Å²) in [5.41, 5.74) is 1.03. The molecule has 0 bridgehead atoms. The Kier molecular flexibility index (Phi) is 4.49. The molecule has 0 spiro atoms. The minimum absolute atomic E-state index is 0.00311. The predicted molar refractivity (Wildman–Crippen MR) is 94.9 cm³/mol. The number of nitrogens with one attached hydrogen (secondary N) is 1. The number of nitrogens with zero attached hydrogens (tertiary/aromatic N) is 2. The van der Waals surface area contributed by atoms with Gasteiger partial charge >= 0.3 is 5.97 Å². The Labute approximate surface area is 151 Å². The number of anilines is 2. The van der Waals surface area contributed by atoms with Gasteiger partial charge in [0, 0.05) is 5.02 Å². The monoisotopic (exact) mass is 383 g/mol. The number of methoxy groups -OCH3 is 1. The zero-order valence-electron chi connectivity index (χ0n) is 12.6. The Bertz CT molecular complexity index is 959. The molecule has 2 aromatic heterocycles. The Morgan fingerprint density at radius 1 is 1.33 bits per heavy atom. The van der Waals surface area contributed by atoms with Gasteiger partial charge in [0.05, 0.1) is 18.2 Å². The number of ether oxygens (including phenoxy) is 1. The molecule has 0 saturated carbocycles. The molecule has 0 unspecified atom stereocenters. The van der Waals surface area contributed by atoms with Crippen LogP contribution in [-0.2, 0) is 4.74 Å². The second kappa shape index (κ2) is 6.43. The van der Waals surface area contributed by atoms with E-state index < -0.39 is 5.97 Å². The third-order valence-electron chi connectivity index (χ3n) is 3.35. The van der Waals surface area contributed by atoms with Crippen molar-refractivity contribution in [1.82, 2.24) is 9.97 Å². The zero-order chi connectivity index (χ0) is 17.4. The average molecular weight is 384 g/mol. The van der Waals surface area contributed by atoms with Gasteiger partial charge < -0.3 is 15.2 Å². The van der Waals surface area contributed by atoms with Crippen molar-refractivity contribution >= 4 is 62.2 Å². The van der Waals surface area contributed by atoms with Crippen LogP contribution in [0.5, 0.6) is 5.75 Å². The number of fused-ring (bicyclic) bond motifs is 1.